The van der Waals surface area contributed by atoms with E-state index in [1.165, 1.54) is 12.1 Å². The van der Waals surface area contributed by atoms with Crippen molar-refractivity contribution in [2.75, 3.05) is 0 Å². The van der Waals surface area contributed by atoms with Crippen molar-refractivity contribution in [3.63, 3.8) is 0 Å². The Morgan fingerprint density at radius 1 is 0.634 bits per heavy atom. The van der Waals surface area contributed by atoms with Crippen molar-refractivity contribution >= 4 is 29.6 Å². The second-order valence-corrected chi connectivity index (χ2v) is 11.7. The number of hydrogen-bond donors (Lipinski definition) is 6. The largest absolute Gasteiger partial charge is 0.872 e. The van der Waals surface area contributed by atoms with E-state index in [-0.39, 0.29) is 35.8 Å². The lowest BCUT2D eigenvalue weighted by Gasteiger charge is -2.30. The molecule has 4 amide bonds. The molecule has 0 radical (unpaired) electrons. The second-order valence-electron chi connectivity index (χ2n) is 11.7. The average Bonchev–Trinajstić information content (AvgIpc) is 2.87. The fraction of sp³-hybridized carbons (Fsp3) is 0.621. The summed E-state index contributed by atoms with van der Waals surface area (Å²) in [6.07, 6.45) is 0.160. The molecular formula is C29H46N5O7-. The molecule has 0 heterocycles. The molecule has 5 atom stereocenters. The molecule has 0 saturated heterocycles. The summed E-state index contributed by atoms with van der Waals surface area (Å²) in [6, 6.07) is 0.730. The number of carboxylic acid groups (broad SMARTS) is 1. The van der Waals surface area contributed by atoms with Gasteiger partial charge >= 0.3 is 5.97 Å². The smallest absolute Gasteiger partial charge is 0.326 e. The van der Waals surface area contributed by atoms with E-state index >= 15 is 0 Å². The van der Waals surface area contributed by atoms with Crippen LogP contribution in [-0.4, -0.2) is 64.9 Å². The molecule has 1 rings (SSSR count). The summed E-state index contributed by atoms with van der Waals surface area (Å²) in [6.45, 7) is 13.7. The Morgan fingerprint density at radius 3 is 1.27 bits per heavy atom. The van der Waals surface area contributed by atoms with E-state index in [0.29, 0.717) is 5.56 Å². The van der Waals surface area contributed by atoms with Crippen LogP contribution in [0.3, 0.4) is 0 Å². The first kappa shape index (κ1) is 35.4. The van der Waals surface area contributed by atoms with Gasteiger partial charge in [0, 0.05) is 0 Å². The summed E-state index contributed by atoms with van der Waals surface area (Å²) in [5, 5.41) is 31.2. The van der Waals surface area contributed by atoms with Crippen molar-refractivity contribution in [2.45, 2.75) is 92.0 Å². The Labute approximate surface area is 242 Å². The molecule has 0 aliphatic heterocycles. The second kappa shape index (κ2) is 15.9. The summed E-state index contributed by atoms with van der Waals surface area (Å²) in [4.78, 5) is 63.9. The normalized spacial score (nSPS) is 15.1. The van der Waals surface area contributed by atoms with Gasteiger partial charge in [-0.1, -0.05) is 79.7 Å². The van der Waals surface area contributed by atoms with Gasteiger partial charge in [0.25, 0.3) is 0 Å². The van der Waals surface area contributed by atoms with Crippen molar-refractivity contribution in [3.8, 4) is 5.75 Å². The van der Waals surface area contributed by atoms with Crippen molar-refractivity contribution in [1.29, 1.82) is 0 Å². The number of rotatable bonds is 15. The summed E-state index contributed by atoms with van der Waals surface area (Å²) in [5.74, 6) is -5.25. The van der Waals surface area contributed by atoms with Crippen LogP contribution < -0.4 is 32.1 Å². The van der Waals surface area contributed by atoms with Gasteiger partial charge in [0.15, 0.2) is 0 Å². The van der Waals surface area contributed by atoms with Crippen LogP contribution in [0.2, 0.25) is 0 Å². The molecule has 0 aliphatic rings. The number of amides is 4. The van der Waals surface area contributed by atoms with Gasteiger partial charge in [0.05, 0.1) is 6.04 Å². The Bertz CT molecular complexity index is 1060. The highest BCUT2D eigenvalue weighted by Crippen LogP contribution is 2.12. The fourth-order valence-corrected chi connectivity index (χ4v) is 4.08. The summed E-state index contributed by atoms with van der Waals surface area (Å²) < 4.78 is 0. The molecule has 0 unspecified atom stereocenters. The lowest BCUT2D eigenvalue weighted by Crippen LogP contribution is -2.61. The maximum Gasteiger partial charge on any atom is 0.326 e. The van der Waals surface area contributed by atoms with Crippen LogP contribution in [0, 0.1) is 23.7 Å². The summed E-state index contributed by atoms with van der Waals surface area (Å²) >= 11 is 0. The number of hydrogen-bond acceptors (Lipinski definition) is 7. The molecule has 0 bridgehead atoms. The average molecular weight is 577 g/mol. The first-order valence-electron chi connectivity index (χ1n) is 13.9. The first-order valence-corrected chi connectivity index (χ1v) is 13.9. The van der Waals surface area contributed by atoms with Crippen LogP contribution >= 0.6 is 0 Å². The zero-order chi connectivity index (χ0) is 31.6. The highest BCUT2D eigenvalue weighted by atomic mass is 16.4. The Balaban J connectivity index is 2.99. The van der Waals surface area contributed by atoms with Crippen LogP contribution in [0.4, 0.5) is 0 Å². The van der Waals surface area contributed by atoms with Crippen LogP contribution in [0.1, 0.15) is 61.0 Å². The maximum absolute atomic E-state index is 13.3. The van der Waals surface area contributed by atoms with Gasteiger partial charge in [-0.25, -0.2) is 4.79 Å². The predicted molar refractivity (Wildman–Crippen MR) is 152 cm³/mol. The SMILES string of the molecule is CC(C)[C@H](NC(=O)[C@@H](NC(=O)[C@@H](NC(=O)[C@@H](NC(=O)[C@@H](N)Cc1ccc([O-])cc1)C(C)C)C(C)C)C(C)C)C(=O)O. The molecule has 1 aromatic rings. The number of carbonyl (C=O) groups is 5. The Morgan fingerprint density at radius 2 is 0.951 bits per heavy atom. The number of aliphatic carboxylic acids is 1. The minimum absolute atomic E-state index is 0.160. The minimum Gasteiger partial charge on any atom is -0.872 e. The van der Waals surface area contributed by atoms with E-state index in [2.05, 4.69) is 21.3 Å². The number of nitrogens with two attached hydrogens (primary N) is 1. The van der Waals surface area contributed by atoms with Crippen molar-refractivity contribution in [2.24, 2.45) is 29.4 Å². The van der Waals surface area contributed by atoms with Crippen molar-refractivity contribution in [1.82, 2.24) is 21.3 Å². The minimum atomic E-state index is -1.18. The van der Waals surface area contributed by atoms with Crippen LogP contribution in [0.25, 0.3) is 0 Å². The monoisotopic (exact) mass is 576 g/mol. The molecule has 0 aliphatic carbocycles. The molecule has 0 spiro atoms. The van der Waals surface area contributed by atoms with E-state index < -0.39 is 59.8 Å². The zero-order valence-corrected chi connectivity index (χ0v) is 25.2. The summed E-state index contributed by atoms with van der Waals surface area (Å²) in [7, 11) is 0. The Hall–Kier alpha value is -3.67. The molecule has 12 heteroatoms. The quantitative estimate of drug-likeness (QED) is 0.171. The number of nitrogens with one attached hydrogen (secondary N) is 4. The Kier molecular flexibility index (Phi) is 13.7. The topological polar surface area (TPSA) is 203 Å². The molecule has 12 nitrogen and oxygen atoms in total. The highest BCUT2D eigenvalue weighted by molar-refractivity contribution is 5.95. The summed E-state index contributed by atoms with van der Waals surface area (Å²) in [5.41, 5.74) is 6.75. The van der Waals surface area contributed by atoms with Gasteiger partial charge in [-0.2, -0.15) is 0 Å². The van der Waals surface area contributed by atoms with Crippen LogP contribution in [0.15, 0.2) is 24.3 Å². The molecule has 0 saturated carbocycles. The molecule has 0 fully saturated rings. The molecule has 1 aromatic carbocycles. The van der Waals surface area contributed by atoms with Gasteiger partial charge in [-0.05, 0) is 35.7 Å². The fourth-order valence-electron chi connectivity index (χ4n) is 4.08. The predicted octanol–water partition coefficient (Wildman–Crippen LogP) is 0.278. The first-order chi connectivity index (χ1) is 19.0. The van der Waals surface area contributed by atoms with Crippen LogP contribution in [0.5, 0.6) is 5.75 Å². The lowest BCUT2D eigenvalue weighted by atomic mass is 9.97. The molecule has 0 aromatic heterocycles. The van der Waals surface area contributed by atoms with Crippen LogP contribution in [-0.2, 0) is 30.4 Å². The molecule has 7 N–H and O–H groups in total. The van der Waals surface area contributed by atoms with Gasteiger partial charge < -0.3 is 37.2 Å². The van der Waals surface area contributed by atoms with E-state index in [9.17, 15) is 34.2 Å². The third-order valence-electron chi connectivity index (χ3n) is 6.69. The standard InChI is InChI=1S/C29H47N5O7/c1-14(2)21(31-25(36)20(30)13-18-9-11-19(35)12-10-18)26(37)32-22(15(3)4)27(38)33-23(16(5)6)28(39)34-24(17(7)8)29(40)41/h9-12,14-17,20-24,35H,13,30H2,1-8H3,(H,31,36)(H,32,37)(H,33,38)(H,34,39)(H,40,41)/p-1/t20-,21-,22-,23-,24-/m0/s1. The lowest BCUT2D eigenvalue weighted by molar-refractivity contribution is -0.268. The van der Waals surface area contributed by atoms with Crippen molar-refractivity contribution in [3.05, 3.63) is 29.8 Å². The van der Waals surface area contributed by atoms with Gasteiger partial charge in [-0.3, -0.25) is 19.2 Å². The van der Waals surface area contributed by atoms with E-state index in [0.717, 1.165) is 0 Å². The number of benzene rings is 1. The van der Waals surface area contributed by atoms with Crippen molar-refractivity contribution < 1.29 is 34.2 Å². The van der Waals surface area contributed by atoms with Gasteiger partial charge in [0.2, 0.25) is 23.6 Å². The molecule has 230 valence electrons. The van der Waals surface area contributed by atoms with E-state index in [4.69, 9.17) is 5.73 Å². The van der Waals surface area contributed by atoms with Gasteiger partial charge in [0.1, 0.15) is 24.2 Å². The van der Waals surface area contributed by atoms with E-state index in [1.807, 2.05) is 0 Å². The van der Waals surface area contributed by atoms with Gasteiger partial charge in [-0.15, -0.1) is 5.75 Å². The highest BCUT2D eigenvalue weighted by Gasteiger charge is 2.35. The van der Waals surface area contributed by atoms with E-state index in [1.54, 1.807) is 67.5 Å². The molecular weight excluding hydrogens is 530 g/mol. The third kappa shape index (κ3) is 11.0. The third-order valence-corrected chi connectivity index (χ3v) is 6.69. The molecule has 41 heavy (non-hydrogen) atoms. The zero-order valence-electron chi connectivity index (χ0n) is 25.2. The maximum atomic E-state index is 13.3. The number of carbonyl (C=O) groups excluding carboxylic acids is 4. The number of carboxylic acids is 1.